The molecule has 0 radical (unpaired) electrons. The van der Waals surface area contributed by atoms with Gasteiger partial charge in [0.1, 0.15) is 5.65 Å². The number of hydrogen-bond acceptors (Lipinski definition) is 4. The first-order valence-electron chi connectivity index (χ1n) is 9.40. The second-order valence-corrected chi connectivity index (χ2v) is 7.33. The molecule has 0 saturated carbocycles. The van der Waals surface area contributed by atoms with Crippen molar-refractivity contribution in [3.8, 4) is 0 Å². The number of likely N-dealkylation sites (tertiary alicyclic amines) is 1. The second kappa shape index (κ2) is 7.07. The van der Waals surface area contributed by atoms with Crippen molar-refractivity contribution < 1.29 is 4.79 Å². The minimum Gasteiger partial charge on any atom is -0.338 e. The number of carbonyl (C=O) groups excluding carboxylic acids is 1. The van der Waals surface area contributed by atoms with Crippen LogP contribution in [0.25, 0.3) is 11.0 Å². The van der Waals surface area contributed by atoms with E-state index in [2.05, 4.69) is 22.1 Å². The molecule has 1 N–H and O–H groups in total. The van der Waals surface area contributed by atoms with Crippen LogP contribution in [0.3, 0.4) is 0 Å². The van der Waals surface area contributed by atoms with Crippen LogP contribution in [0, 0.1) is 6.92 Å². The molecule has 4 rings (SSSR count). The maximum absolute atomic E-state index is 13.3. The van der Waals surface area contributed by atoms with Crippen molar-refractivity contribution in [2.24, 2.45) is 7.05 Å². The van der Waals surface area contributed by atoms with Crippen LogP contribution in [0.5, 0.6) is 0 Å². The van der Waals surface area contributed by atoms with Gasteiger partial charge in [0.05, 0.1) is 10.9 Å². The van der Waals surface area contributed by atoms with Gasteiger partial charge in [-0.25, -0.2) is 9.78 Å². The largest absolute Gasteiger partial charge is 0.338 e. The van der Waals surface area contributed by atoms with Crippen LogP contribution in [0.4, 0.5) is 0 Å². The van der Waals surface area contributed by atoms with Crippen LogP contribution in [-0.4, -0.2) is 38.4 Å². The molecule has 1 atom stereocenters. The van der Waals surface area contributed by atoms with Crippen LogP contribution < -0.4 is 11.2 Å². The van der Waals surface area contributed by atoms with E-state index in [-0.39, 0.29) is 22.9 Å². The molecule has 3 aromatic rings. The third-order valence-corrected chi connectivity index (χ3v) is 5.41. The Morgan fingerprint density at radius 1 is 1.21 bits per heavy atom. The number of carbonyl (C=O) groups is 1. The predicted octanol–water partition coefficient (Wildman–Crippen LogP) is 1.95. The number of hydrogen-bond donors (Lipinski definition) is 1. The molecule has 0 spiro atoms. The monoisotopic (exact) mass is 378 g/mol. The Bertz CT molecular complexity index is 1160. The molecule has 3 heterocycles. The quantitative estimate of drug-likeness (QED) is 0.738. The Kier molecular flexibility index (Phi) is 4.58. The number of aryl methyl sites for hydroxylation is 2. The van der Waals surface area contributed by atoms with Gasteiger partial charge in [0.25, 0.3) is 11.5 Å². The SMILES string of the molecule is Cc1cc(C(=O)N2CCCC(c3ccccc3)C2)c2c(=O)[nH]c(=O)n(C)c2n1. The molecule has 1 unspecified atom stereocenters. The summed E-state index contributed by atoms with van der Waals surface area (Å²) in [5, 5.41) is 0.166. The summed E-state index contributed by atoms with van der Waals surface area (Å²) in [5.41, 5.74) is 1.22. The highest BCUT2D eigenvalue weighted by atomic mass is 16.2. The smallest absolute Gasteiger partial charge is 0.329 e. The lowest BCUT2D eigenvalue weighted by Gasteiger charge is -2.33. The molecule has 144 valence electrons. The van der Waals surface area contributed by atoms with E-state index in [4.69, 9.17) is 0 Å². The van der Waals surface area contributed by atoms with Gasteiger partial charge >= 0.3 is 5.69 Å². The van der Waals surface area contributed by atoms with Crippen LogP contribution in [0.15, 0.2) is 46.0 Å². The van der Waals surface area contributed by atoms with E-state index in [1.165, 1.54) is 17.2 Å². The maximum Gasteiger partial charge on any atom is 0.329 e. The molecule has 1 aliphatic rings. The van der Waals surface area contributed by atoms with Gasteiger partial charge in [-0.05, 0) is 31.4 Å². The highest BCUT2D eigenvalue weighted by Crippen LogP contribution is 2.28. The molecule has 28 heavy (non-hydrogen) atoms. The number of aromatic amines is 1. The van der Waals surface area contributed by atoms with Crippen molar-refractivity contribution in [1.82, 2.24) is 19.4 Å². The predicted molar refractivity (Wildman–Crippen MR) is 107 cm³/mol. The molecule has 1 aromatic carbocycles. The van der Waals surface area contributed by atoms with E-state index in [1.54, 1.807) is 17.9 Å². The summed E-state index contributed by atoms with van der Waals surface area (Å²) in [7, 11) is 1.54. The number of aromatic nitrogens is 3. The summed E-state index contributed by atoms with van der Waals surface area (Å²) < 4.78 is 1.27. The van der Waals surface area contributed by atoms with E-state index in [0.717, 1.165) is 12.8 Å². The average molecular weight is 378 g/mol. The fraction of sp³-hybridized carbons (Fsp3) is 0.333. The summed E-state index contributed by atoms with van der Waals surface area (Å²) in [5.74, 6) is 0.0796. The van der Waals surface area contributed by atoms with Gasteiger partial charge in [-0.15, -0.1) is 0 Å². The van der Waals surface area contributed by atoms with Crippen molar-refractivity contribution in [2.45, 2.75) is 25.7 Å². The number of rotatable bonds is 2. The van der Waals surface area contributed by atoms with E-state index in [0.29, 0.717) is 24.3 Å². The van der Waals surface area contributed by atoms with Crippen LogP contribution in [0.1, 0.15) is 40.4 Å². The normalized spacial score (nSPS) is 17.1. The average Bonchev–Trinajstić information content (AvgIpc) is 2.71. The Labute approximate surface area is 161 Å². The first kappa shape index (κ1) is 18.2. The third kappa shape index (κ3) is 3.13. The van der Waals surface area contributed by atoms with Crippen molar-refractivity contribution in [2.75, 3.05) is 13.1 Å². The molecule has 0 bridgehead atoms. The maximum atomic E-state index is 13.3. The molecule has 1 amide bonds. The Balaban J connectivity index is 1.76. The topological polar surface area (TPSA) is 88.1 Å². The summed E-state index contributed by atoms with van der Waals surface area (Å²) in [4.78, 5) is 46.1. The minimum absolute atomic E-state index is 0.166. The Hall–Kier alpha value is -3.22. The van der Waals surface area contributed by atoms with Crippen LogP contribution in [-0.2, 0) is 7.05 Å². The number of fused-ring (bicyclic) bond motifs is 1. The fourth-order valence-electron chi connectivity index (χ4n) is 3.96. The van der Waals surface area contributed by atoms with E-state index in [1.807, 2.05) is 18.2 Å². The van der Waals surface area contributed by atoms with Gasteiger partial charge in [-0.1, -0.05) is 30.3 Å². The second-order valence-electron chi connectivity index (χ2n) is 7.33. The van der Waals surface area contributed by atoms with Crippen molar-refractivity contribution in [1.29, 1.82) is 0 Å². The van der Waals surface area contributed by atoms with E-state index in [9.17, 15) is 14.4 Å². The van der Waals surface area contributed by atoms with Gasteiger partial charge in [-0.3, -0.25) is 19.1 Å². The molecule has 1 fully saturated rings. The van der Waals surface area contributed by atoms with Crippen LogP contribution >= 0.6 is 0 Å². The van der Waals surface area contributed by atoms with Crippen LogP contribution in [0.2, 0.25) is 0 Å². The van der Waals surface area contributed by atoms with Crippen molar-refractivity contribution in [3.63, 3.8) is 0 Å². The number of nitrogens with zero attached hydrogens (tertiary/aromatic N) is 3. The van der Waals surface area contributed by atoms with Gasteiger partial charge in [-0.2, -0.15) is 0 Å². The van der Waals surface area contributed by atoms with E-state index >= 15 is 0 Å². The lowest BCUT2D eigenvalue weighted by molar-refractivity contribution is 0.0709. The summed E-state index contributed by atoms with van der Waals surface area (Å²) in [6, 6.07) is 11.8. The standard InChI is InChI=1S/C21H22N4O3/c1-13-11-16(17-18(22-13)24(2)21(28)23-19(17)26)20(27)25-10-6-9-15(12-25)14-7-4-3-5-8-14/h3-5,7-8,11,15H,6,9-10,12H2,1-2H3,(H,23,26,28). The number of amides is 1. The zero-order valence-electron chi connectivity index (χ0n) is 15.9. The summed E-state index contributed by atoms with van der Waals surface area (Å²) in [6.07, 6.45) is 1.93. The summed E-state index contributed by atoms with van der Waals surface area (Å²) >= 11 is 0. The number of H-pyrrole nitrogens is 1. The number of pyridine rings is 1. The number of piperidine rings is 1. The number of benzene rings is 1. The van der Waals surface area contributed by atoms with Gasteiger partial charge in [0.2, 0.25) is 0 Å². The Morgan fingerprint density at radius 2 is 1.96 bits per heavy atom. The number of nitrogens with one attached hydrogen (secondary N) is 1. The molecule has 2 aromatic heterocycles. The fourth-order valence-corrected chi connectivity index (χ4v) is 3.96. The van der Waals surface area contributed by atoms with Crippen molar-refractivity contribution >= 4 is 16.9 Å². The molecule has 1 saturated heterocycles. The van der Waals surface area contributed by atoms with Crippen molar-refractivity contribution in [3.05, 3.63) is 74.1 Å². The molecular formula is C21H22N4O3. The Morgan fingerprint density at radius 3 is 2.71 bits per heavy atom. The van der Waals surface area contributed by atoms with Gasteiger partial charge in [0.15, 0.2) is 0 Å². The zero-order chi connectivity index (χ0) is 19.8. The molecular weight excluding hydrogens is 356 g/mol. The lowest BCUT2D eigenvalue weighted by Crippen LogP contribution is -2.40. The van der Waals surface area contributed by atoms with Gasteiger partial charge in [0, 0.05) is 31.7 Å². The minimum atomic E-state index is -0.578. The van der Waals surface area contributed by atoms with E-state index < -0.39 is 11.2 Å². The van der Waals surface area contributed by atoms with Gasteiger partial charge < -0.3 is 4.90 Å². The zero-order valence-corrected chi connectivity index (χ0v) is 15.9. The molecule has 0 aliphatic carbocycles. The first-order valence-corrected chi connectivity index (χ1v) is 9.40. The highest BCUT2D eigenvalue weighted by molar-refractivity contribution is 6.05. The third-order valence-electron chi connectivity index (χ3n) is 5.41. The lowest BCUT2D eigenvalue weighted by atomic mass is 9.90. The molecule has 7 nitrogen and oxygen atoms in total. The molecule has 7 heteroatoms. The summed E-state index contributed by atoms with van der Waals surface area (Å²) in [6.45, 7) is 3.01. The molecule has 1 aliphatic heterocycles. The highest BCUT2D eigenvalue weighted by Gasteiger charge is 2.28. The first-order chi connectivity index (χ1) is 13.5.